The fourth-order valence-corrected chi connectivity index (χ4v) is 4.08. The molecule has 0 bridgehead atoms. The third-order valence-corrected chi connectivity index (χ3v) is 5.89. The Morgan fingerprint density at radius 1 is 1.09 bits per heavy atom. The molecule has 0 aliphatic heterocycles. The number of nitrogens with zero attached hydrogens (tertiary/aromatic N) is 2. The zero-order chi connectivity index (χ0) is 23.2. The van der Waals surface area contributed by atoms with Crippen molar-refractivity contribution in [1.29, 1.82) is 0 Å². The van der Waals surface area contributed by atoms with Crippen LogP contribution in [0.1, 0.15) is 10.4 Å². The van der Waals surface area contributed by atoms with Crippen molar-refractivity contribution in [3.63, 3.8) is 0 Å². The average Bonchev–Trinajstić information content (AvgIpc) is 3.47. The van der Waals surface area contributed by atoms with Gasteiger partial charge in [0.05, 0.1) is 0 Å². The fraction of sp³-hybridized carbons (Fsp3) is 0.0800. The first-order valence-electron chi connectivity index (χ1n) is 10.2. The summed E-state index contributed by atoms with van der Waals surface area (Å²) in [5, 5.41) is 9.69. The van der Waals surface area contributed by atoms with Gasteiger partial charge in [0.15, 0.2) is 0 Å². The highest BCUT2D eigenvalue weighted by Crippen LogP contribution is 2.29. The molecule has 0 saturated carbocycles. The van der Waals surface area contributed by atoms with Gasteiger partial charge < -0.3 is 10.6 Å². The summed E-state index contributed by atoms with van der Waals surface area (Å²) < 4.78 is 14.6. The Kier molecular flexibility index (Phi) is 6.75. The van der Waals surface area contributed by atoms with Gasteiger partial charge in [-0.25, -0.2) is 4.39 Å². The second kappa shape index (κ2) is 10.1. The molecule has 8 heteroatoms. The van der Waals surface area contributed by atoms with Crippen LogP contribution in [0.3, 0.4) is 0 Å². The summed E-state index contributed by atoms with van der Waals surface area (Å²) in [6, 6.07) is 17.2. The van der Waals surface area contributed by atoms with E-state index < -0.39 is 0 Å². The van der Waals surface area contributed by atoms with E-state index in [9.17, 15) is 14.0 Å². The Morgan fingerprint density at radius 3 is 2.64 bits per heavy atom. The number of aromatic nitrogens is 2. The van der Waals surface area contributed by atoms with Gasteiger partial charge in [-0.05, 0) is 72.7 Å². The normalized spacial score (nSPS) is 11.0. The number of nitrogens with one attached hydrogen (secondary N) is 2. The van der Waals surface area contributed by atoms with Crippen LogP contribution in [-0.4, -0.2) is 21.6 Å². The highest BCUT2D eigenvalue weighted by atomic mass is 32.1. The summed E-state index contributed by atoms with van der Waals surface area (Å²) in [6.45, 7) is 1.99. The van der Waals surface area contributed by atoms with E-state index in [1.807, 2.05) is 19.1 Å². The molecule has 0 spiro atoms. The van der Waals surface area contributed by atoms with Crippen molar-refractivity contribution in [2.75, 3.05) is 10.6 Å². The molecule has 2 heterocycles. The number of hydrogen-bond donors (Lipinski definition) is 2. The van der Waals surface area contributed by atoms with Gasteiger partial charge >= 0.3 is 0 Å². The fourth-order valence-electron chi connectivity index (χ4n) is 3.17. The van der Waals surface area contributed by atoms with Crippen LogP contribution in [0, 0.1) is 12.7 Å². The highest BCUT2D eigenvalue weighted by molar-refractivity contribution is 7.16. The lowest BCUT2D eigenvalue weighted by Gasteiger charge is -2.10. The van der Waals surface area contributed by atoms with E-state index in [-0.39, 0.29) is 24.2 Å². The first-order chi connectivity index (χ1) is 16.0. The molecule has 4 aromatic rings. The lowest BCUT2D eigenvalue weighted by Crippen LogP contribution is -2.19. The molecule has 2 aromatic heterocycles. The number of carbonyl (C=O) groups excluding carboxylic acids is 2. The molecule has 0 fully saturated rings. The number of carbonyl (C=O) groups is 2. The SMILES string of the molecule is Cc1cc(NC(=O)/C=C\c2ccc(-c3ccc(F)cc3)s2)ccc1NC(=O)Cn1cccn1. The van der Waals surface area contributed by atoms with Crippen LogP contribution in [0.15, 0.2) is 79.1 Å². The lowest BCUT2D eigenvalue weighted by molar-refractivity contribution is -0.117. The van der Waals surface area contributed by atoms with Crippen molar-refractivity contribution < 1.29 is 14.0 Å². The minimum atomic E-state index is -0.271. The van der Waals surface area contributed by atoms with Crippen molar-refractivity contribution in [2.24, 2.45) is 0 Å². The summed E-state index contributed by atoms with van der Waals surface area (Å²) >= 11 is 1.52. The van der Waals surface area contributed by atoms with Crippen LogP contribution in [0.25, 0.3) is 16.5 Å². The number of amides is 2. The number of thiophene rings is 1. The number of aryl methyl sites for hydroxylation is 1. The van der Waals surface area contributed by atoms with E-state index in [2.05, 4.69) is 15.7 Å². The van der Waals surface area contributed by atoms with Gasteiger partial charge in [0, 0.05) is 39.6 Å². The van der Waals surface area contributed by atoms with Gasteiger partial charge in [0.1, 0.15) is 12.4 Å². The van der Waals surface area contributed by atoms with Crippen molar-refractivity contribution in [3.05, 3.63) is 95.4 Å². The maximum absolute atomic E-state index is 13.1. The molecule has 0 radical (unpaired) electrons. The first-order valence-corrected chi connectivity index (χ1v) is 11.0. The molecular weight excluding hydrogens is 439 g/mol. The predicted octanol–water partition coefficient (Wildman–Crippen LogP) is 5.35. The number of benzene rings is 2. The van der Waals surface area contributed by atoms with Gasteiger partial charge in [-0.1, -0.05) is 12.1 Å². The van der Waals surface area contributed by atoms with Crippen molar-refractivity contribution >= 4 is 40.6 Å². The zero-order valence-corrected chi connectivity index (χ0v) is 18.6. The second-order valence-corrected chi connectivity index (χ2v) is 8.43. The van der Waals surface area contributed by atoms with Crippen LogP contribution < -0.4 is 10.6 Å². The Morgan fingerprint density at radius 2 is 1.91 bits per heavy atom. The number of hydrogen-bond acceptors (Lipinski definition) is 4. The van der Waals surface area contributed by atoms with Crippen LogP contribution >= 0.6 is 11.3 Å². The summed E-state index contributed by atoms with van der Waals surface area (Å²) in [5.74, 6) is -0.717. The van der Waals surface area contributed by atoms with E-state index in [0.717, 1.165) is 20.9 Å². The molecule has 2 aromatic carbocycles. The van der Waals surface area contributed by atoms with E-state index in [0.29, 0.717) is 11.4 Å². The van der Waals surface area contributed by atoms with Crippen LogP contribution in [-0.2, 0) is 16.1 Å². The van der Waals surface area contributed by atoms with E-state index in [1.54, 1.807) is 59.5 Å². The van der Waals surface area contributed by atoms with Crippen LogP contribution in [0.4, 0.5) is 15.8 Å². The standard InChI is InChI=1S/C25H21FN4O2S/c1-17-15-20(7-10-22(17)29-25(32)16-30-14-2-13-27-30)28-24(31)12-9-21-8-11-23(33-21)18-3-5-19(26)6-4-18/h2-15H,16H2,1H3,(H,28,31)(H,29,32)/b12-9-. The number of halogens is 1. The van der Waals surface area contributed by atoms with Gasteiger partial charge in [-0.2, -0.15) is 5.10 Å². The molecule has 2 amide bonds. The van der Waals surface area contributed by atoms with Gasteiger partial charge in [-0.3, -0.25) is 14.3 Å². The van der Waals surface area contributed by atoms with E-state index >= 15 is 0 Å². The molecule has 2 N–H and O–H groups in total. The molecule has 4 rings (SSSR count). The quantitative estimate of drug-likeness (QED) is 0.365. The molecule has 0 unspecified atom stereocenters. The summed E-state index contributed by atoms with van der Waals surface area (Å²) in [6.07, 6.45) is 6.55. The van der Waals surface area contributed by atoms with Gasteiger partial charge in [0.2, 0.25) is 11.8 Å². The predicted molar refractivity (Wildman–Crippen MR) is 129 cm³/mol. The molecule has 0 aliphatic rings. The Hall–Kier alpha value is -4.04. The molecule has 166 valence electrons. The molecule has 0 aliphatic carbocycles. The van der Waals surface area contributed by atoms with Gasteiger partial charge in [-0.15, -0.1) is 11.3 Å². The zero-order valence-electron chi connectivity index (χ0n) is 17.8. The maximum Gasteiger partial charge on any atom is 0.248 e. The number of rotatable bonds is 7. The lowest BCUT2D eigenvalue weighted by atomic mass is 10.1. The molecule has 6 nitrogen and oxygen atoms in total. The minimum Gasteiger partial charge on any atom is -0.324 e. The topological polar surface area (TPSA) is 76.0 Å². The van der Waals surface area contributed by atoms with E-state index in [1.165, 1.54) is 29.5 Å². The minimum absolute atomic E-state index is 0.126. The first kappa shape index (κ1) is 22.2. The number of anilines is 2. The van der Waals surface area contributed by atoms with Crippen molar-refractivity contribution in [1.82, 2.24) is 9.78 Å². The summed E-state index contributed by atoms with van der Waals surface area (Å²) in [4.78, 5) is 26.4. The average molecular weight is 461 g/mol. The van der Waals surface area contributed by atoms with Crippen molar-refractivity contribution in [2.45, 2.75) is 13.5 Å². The second-order valence-electron chi connectivity index (χ2n) is 7.31. The monoisotopic (exact) mass is 460 g/mol. The molecular formula is C25H21FN4O2S. The Labute approximate surface area is 194 Å². The van der Waals surface area contributed by atoms with Crippen molar-refractivity contribution in [3.8, 4) is 10.4 Å². The third kappa shape index (κ3) is 6.02. The summed E-state index contributed by atoms with van der Waals surface area (Å²) in [5.41, 5.74) is 3.06. The van der Waals surface area contributed by atoms with Crippen LogP contribution in [0.5, 0.6) is 0 Å². The Balaban J connectivity index is 1.33. The molecule has 33 heavy (non-hydrogen) atoms. The maximum atomic E-state index is 13.1. The third-order valence-electron chi connectivity index (χ3n) is 4.79. The largest absolute Gasteiger partial charge is 0.324 e. The molecule has 0 saturated heterocycles. The molecule has 0 atom stereocenters. The van der Waals surface area contributed by atoms with Crippen LogP contribution in [0.2, 0.25) is 0 Å². The summed E-state index contributed by atoms with van der Waals surface area (Å²) in [7, 11) is 0. The van der Waals surface area contributed by atoms with E-state index in [4.69, 9.17) is 0 Å². The Bertz CT molecular complexity index is 1290. The smallest absolute Gasteiger partial charge is 0.248 e. The van der Waals surface area contributed by atoms with Gasteiger partial charge in [0.25, 0.3) is 0 Å². The highest BCUT2D eigenvalue weighted by Gasteiger charge is 2.08.